The fourth-order valence-electron chi connectivity index (χ4n) is 7.34. The Balaban J connectivity index is 1.49. The van der Waals surface area contributed by atoms with Crippen LogP contribution in [-0.2, 0) is 33.5 Å². The Morgan fingerprint density at radius 2 is 1.50 bits per heavy atom. The van der Waals surface area contributed by atoms with Crippen molar-refractivity contribution in [2.75, 3.05) is 26.2 Å². The third-order valence-electron chi connectivity index (χ3n) is 10.3. The third-order valence-corrected chi connectivity index (χ3v) is 10.3. The number of carbonyl (C=O) groups excluding carboxylic acids is 8. The molecule has 7 N–H and O–H groups in total. The molecule has 314 valence electrons. The van der Waals surface area contributed by atoms with Gasteiger partial charge in [-0.3, -0.25) is 33.6 Å². The lowest BCUT2D eigenvalue weighted by atomic mass is 9.83. The molecule has 1 aliphatic heterocycles. The lowest BCUT2D eigenvalue weighted by Crippen LogP contribution is -2.58. The molecular formula is C42H57N7O9. The topological polar surface area (TPSA) is 235 Å². The number of nitrogens with zero attached hydrogens (tertiary/aromatic N) is 1. The van der Waals surface area contributed by atoms with E-state index in [0.717, 1.165) is 19.3 Å². The number of amides is 7. The minimum atomic E-state index is -1.30. The minimum Gasteiger partial charge on any atom is -0.449 e. The molecule has 1 heterocycles. The second-order valence-electron chi connectivity index (χ2n) is 15.4. The van der Waals surface area contributed by atoms with Gasteiger partial charge >= 0.3 is 6.09 Å². The maximum Gasteiger partial charge on any atom is 0.407 e. The van der Waals surface area contributed by atoms with Crippen molar-refractivity contribution < 1.29 is 43.1 Å². The highest BCUT2D eigenvalue weighted by Crippen LogP contribution is 2.31. The molecule has 5 atom stereocenters. The molecule has 58 heavy (non-hydrogen) atoms. The number of hydrogen-bond donors (Lipinski definition) is 6. The number of primary amides is 1. The van der Waals surface area contributed by atoms with Gasteiger partial charge in [0.05, 0.1) is 19.2 Å². The molecule has 2 aromatic carbocycles. The molecule has 1 saturated carbocycles. The predicted octanol–water partition coefficient (Wildman–Crippen LogP) is 2.28. The fraction of sp³-hybridized carbons (Fsp3) is 0.524. The van der Waals surface area contributed by atoms with Crippen molar-refractivity contribution in [3.05, 3.63) is 71.8 Å². The van der Waals surface area contributed by atoms with Crippen molar-refractivity contribution in [3.8, 4) is 0 Å². The minimum absolute atomic E-state index is 0.0694. The predicted molar refractivity (Wildman–Crippen MR) is 213 cm³/mol. The highest BCUT2D eigenvalue weighted by Gasteiger charge is 2.45. The van der Waals surface area contributed by atoms with Gasteiger partial charge in [0, 0.05) is 18.7 Å². The molecule has 16 nitrogen and oxygen atoms in total. The lowest BCUT2D eigenvalue weighted by molar-refractivity contribution is -0.143. The zero-order chi connectivity index (χ0) is 42.2. The quantitative estimate of drug-likeness (QED) is 0.114. The molecule has 0 radical (unpaired) electrons. The summed E-state index contributed by atoms with van der Waals surface area (Å²) in [4.78, 5) is 107. The summed E-state index contributed by atoms with van der Waals surface area (Å²) in [6.45, 7) is 5.28. The van der Waals surface area contributed by atoms with Crippen LogP contribution in [0.25, 0.3) is 0 Å². The highest BCUT2D eigenvalue weighted by atomic mass is 16.5. The SMILES string of the molecule is CCCC(NC(=O)C1C[C@@H](CNC(=O)c2ccccc2)CN1C(=O)[C@@H](NC(=O)OCC(C)C)C1CCCCC1)C(=O)C(=O)NCC(=O)N[C@H](C(N)=O)c1ccccc1. The highest BCUT2D eigenvalue weighted by molar-refractivity contribution is 6.38. The van der Waals surface area contributed by atoms with Crippen molar-refractivity contribution >= 4 is 47.3 Å². The molecule has 2 aromatic rings. The van der Waals surface area contributed by atoms with E-state index in [1.807, 2.05) is 13.8 Å². The van der Waals surface area contributed by atoms with Crippen LogP contribution >= 0.6 is 0 Å². The molecule has 2 unspecified atom stereocenters. The first-order valence-corrected chi connectivity index (χ1v) is 20.1. The van der Waals surface area contributed by atoms with Crippen molar-refractivity contribution in [1.29, 1.82) is 0 Å². The van der Waals surface area contributed by atoms with Gasteiger partial charge in [-0.25, -0.2) is 4.79 Å². The van der Waals surface area contributed by atoms with Gasteiger partial charge < -0.3 is 42.0 Å². The summed E-state index contributed by atoms with van der Waals surface area (Å²) in [6.07, 6.45) is 4.00. The van der Waals surface area contributed by atoms with Crippen molar-refractivity contribution in [3.63, 3.8) is 0 Å². The molecule has 2 aliphatic rings. The molecular weight excluding hydrogens is 747 g/mol. The normalized spacial score (nSPS) is 18.2. The zero-order valence-corrected chi connectivity index (χ0v) is 33.5. The molecule has 2 fully saturated rings. The van der Waals surface area contributed by atoms with Crippen LogP contribution in [0.15, 0.2) is 60.7 Å². The zero-order valence-electron chi connectivity index (χ0n) is 33.5. The van der Waals surface area contributed by atoms with Crippen LogP contribution < -0.4 is 32.3 Å². The summed E-state index contributed by atoms with van der Waals surface area (Å²) in [5, 5.41) is 13.1. The summed E-state index contributed by atoms with van der Waals surface area (Å²) in [7, 11) is 0. The van der Waals surface area contributed by atoms with Crippen molar-refractivity contribution in [2.24, 2.45) is 23.5 Å². The fourth-order valence-corrected chi connectivity index (χ4v) is 7.34. The van der Waals surface area contributed by atoms with Crippen LogP contribution in [0.1, 0.15) is 94.1 Å². The van der Waals surface area contributed by atoms with Crippen molar-refractivity contribution in [2.45, 2.75) is 96.3 Å². The Morgan fingerprint density at radius 1 is 0.845 bits per heavy atom. The number of benzene rings is 2. The van der Waals surface area contributed by atoms with Crippen LogP contribution in [0.2, 0.25) is 0 Å². The lowest BCUT2D eigenvalue weighted by Gasteiger charge is -2.34. The molecule has 16 heteroatoms. The molecule has 7 amide bonds. The Morgan fingerprint density at radius 3 is 2.12 bits per heavy atom. The van der Waals surface area contributed by atoms with Gasteiger partial charge in [0.15, 0.2) is 0 Å². The molecule has 0 spiro atoms. The number of likely N-dealkylation sites (tertiary alicyclic amines) is 1. The Bertz CT molecular complexity index is 1750. The van der Waals surface area contributed by atoms with Crippen LogP contribution in [0.3, 0.4) is 0 Å². The van der Waals surface area contributed by atoms with E-state index in [1.54, 1.807) is 67.6 Å². The standard InChI is InChI=1S/C42H57N7O9/c1-4-14-31(36(51)40(55)45-23-33(50)47-34(37(43)52)28-15-8-5-9-16-28)46-39(54)32-21-27(22-44-38(53)30-19-12-7-13-20-30)24-49(32)41(56)35(29-17-10-6-11-18-29)48-42(57)58-25-26(2)3/h5,7-9,12-13,15-16,19-20,26-27,29,31-32,34-35H,4,6,10-11,14,17-18,21-25H2,1-3H3,(H2,43,52)(H,44,53)(H,45,55)(H,46,54)(H,47,50)(H,48,57)/t27-,31?,32?,34-,35-/m0/s1. The summed E-state index contributed by atoms with van der Waals surface area (Å²) in [6, 6.07) is 12.3. The molecule has 0 bridgehead atoms. The molecule has 1 saturated heterocycles. The second-order valence-corrected chi connectivity index (χ2v) is 15.4. The first-order valence-electron chi connectivity index (χ1n) is 20.1. The monoisotopic (exact) mass is 803 g/mol. The average molecular weight is 804 g/mol. The Kier molecular flexibility index (Phi) is 17.2. The number of ketones is 1. The van der Waals surface area contributed by atoms with Gasteiger partial charge in [0.2, 0.25) is 29.4 Å². The number of Topliss-reactive ketones (excluding diaryl/α,β-unsaturated/α-hetero) is 1. The van der Waals surface area contributed by atoms with E-state index in [0.29, 0.717) is 30.4 Å². The molecule has 0 aromatic heterocycles. The maximum absolute atomic E-state index is 14.5. The van der Waals surface area contributed by atoms with E-state index in [9.17, 15) is 38.4 Å². The first kappa shape index (κ1) is 44.9. The van der Waals surface area contributed by atoms with Gasteiger partial charge in [-0.05, 0) is 61.1 Å². The van der Waals surface area contributed by atoms with Crippen molar-refractivity contribution in [1.82, 2.24) is 31.5 Å². The number of carbonyl (C=O) groups is 8. The van der Waals surface area contributed by atoms with Gasteiger partial charge in [-0.1, -0.05) is 95.0 Å². The van der Waals surface area contributed by atoms with E-state index in [1.165, 1.54) is 4.90 Å². The van der Waals surface area contributed by atoms with Gasteiger partial charge in [0.25, 0.3) is 11.8 Å². The van der Waals surface area contributed by atoms with E-state index in [2.05, 4.69) is 26.6 Å². The van der Waals surface area contributed by atoms with Crippen LogP contribution in [0.4, 0.5) is 4.79 Å². The van der Waals surface area contributed by atoms with E-state index in [4.69, 9.17) is 10.5 Å². The summed E-state index contributed by atoms with van der Waals surface area (Å²) in [5.41, 5.74) is 6.36. The van der Waals surface area contributed by atoms with Crippen LogP contribution in [-0.4, -0.2) is 96.6 Å². The Hall–Kier alpha value is -5.80. The first-order chi connectivity index (χ1) is 27.8. The van der Waals surface area contributed by atoms with E-state index >= 15 is 0 Å². The number of nitrogens with two attached hydrogens (primary N) is 1. The largest absolute Gasteiger partial charge is 0.449 e. The smallest absolute Gasteiger partial charge is 0.407 e. The van der Waals surface area contributed by atoms with Gasteiger partial charge in [-0.15, -0.1) is 0 Å². The van der Waals surface area contributed by atoms with E-state index < -0.39 is 72.1 Å². The third kappa shape index (κ3) is 13.1. The Labute approximate surface area is 339 Å². The summed E-state index contributed by atoms with van der Waals surface area (Å²) < 4.78 is 5.38. The maximum atomic E-state index is 14.5. The number of rotatable bonds is 19. The second kappa shape index (κ2) is 22.2. The number of hydrogen-bond acceptors (Lipinski definition) is 9. The van der Waals surface area contributed by atoms with Crippen LogP contribution in [0.5, 0.6) is 0 Å². The number of alkyl carbamates (subject to hydrolysis) is 1. The van der Waals surface area contributed by atoms with Gasteiger partial charge in [0.1, 0.15) is 18.1 Å². The summed E-state index contributed by atoms with van der Waals surface area (Å²) >= 11 is 0. The molecule has 1 aliphatic carbocycles. The number of nitrogens with one attached hydrogen (secondary N) is 5. The van der Waals surface area contributed by atoms with E-state index in [-0.39, 0.29) is 56.2 Å². The number of ether oxygens (including phenoxy) is 1. The summed E-state index contributed by atoms with van der Waals surface area (Å²) in [5.74, 6) is -5.70. The van der Waals surface area contributed by atoms with Crippen LogP contribution in [0, 0.1) is 17.8 Å². The average Bonchev–Trinajstić information content (AvgIpc) is 3.67. The molecule has 4 rings (SSSR count). The van der Waals surface area contributed by atoms with Gasteiger partial charge in [-0.2, -0.15) is 0 Å².